The molecule has 148 valence electrons. The molecule has 2 heterocycles. The summed E-state index contributed by atoms with van der Waals surface area (Å²) in [5.41, 5.74) is 7.69. The molecule has 1 aliphatic carbocycles. The van der Waals surface area contributed by atoms with Crippen LogP contribution >= 0.6 is 0 Å². The highest BCUT2D eigenvalue weighted by atomic mass is 16.2. The third-order valence-electron chi connectivity index (χ3n) is 6.60. The summed E-state index contributed by atoms with van der Waals surface area (Å²) in [4.78, 5) is 15.3. The second kappa shape index (κ2) is 9.18. The molecule has 0 bridgehead atoms. The van der Waals surface area contributed by atoms with Crippen molar-refractivity contribution in [1.82, 2.24) is 21.1 Å². The van der Waals surface area contributed by atoms with Gasteiger partial charge in [-0.2, -0.15) is 0 Å². The molecule has 2 unspecified atom stereocenters. The average molecular weight is 371 g/mol. The van der Waals surface area contributed by atoms with Gasteiger partial charge in [-0.25, -0.2) is 10.9 Å². The first kappa shape index (κ1) is 18.9. The minimum atomic E-state index is -0.143. The van der Waals surface area contributed by atoms with Crippen LogP contribution < -0.4 is 16.2 Å². The molecule has 0 spiro atoms. The van der Waals surface area contributed by atoms with E-state index >= 15 is 0 Å². The van der Waals surface area contributed by atoms with Crippen molar-refractivity contribution in [3.05, 3.63) is 35.9 Å². The van der Waals surface area contributed by atoms with Crippen molar-refractivity contribution in [3.63, 3.8) is 0 Å². The van der Waals surface area contributed by atoms with Crippen molar-refractivity contribution in [3.8, 4) is 0 Å². The normalized spacial score (nSPS) is 28.3. The van der Waals surface area contributed by atoms with Crippen molar-refractivity contribution < 1.29 is 4.79 Å². The van der Waals surface area contributed by atoms with Gasteiger partial charge in [-0.05, 0) is 43.6 Å². The number of amides is 1. The molecular formula is C22H34N4O. The Balaban J connectivity index is 1.18. The van der Waals surface area contributed by atoms with Gasteiger partial charge in [0.1, 0.15) is 6.04 Å². The van der Waals surface area contributed by atoms with Crippen LogP contribution in [0.15, 0.2) is 30.3 Å². The summed E-state index contributed by atoms with van der Waals surface area (Å²) in [7, 11) is 0. The lowest BCUT2D eigenvalue weighted by Crippen LogP contribution is -2.50. The van der Waals surface area contributed by atoms with Gasteiger partial charge >= 0.3 is 0 Å². The second-order valence-corrected chi connectivity index (χ2v) is 8.63. The molecule has 0 aromatic heterocycles. The van der Waals surface area contributed by atoms with Gasteiger partial charge in [0.25, 0.3) is 0 Å². The van der Waals surface area contributed by atoms with Gasteiger partial charge in [-0.1, -0.05) is 49.6 Å². The molecule has 1 aromatic carbocycles. The highest BCUT2D eigenvalue weighted by Crippen LogP contribution is 2.26. The van der Waals surface area contributed by atoms with Crippen molar-refractivity contribution in [2.24, 2.45) is 5.92 Å². The Morgan fingerprint density at radius 3 is 2.48 bits per heavy atom. The van der Waals surface area contributed by atoms with Crippen molar-refractivity contribution in [2.75, 3.05) is 19.6 Å². The minimum Gasteiger partial charge on any atom is -0.352 e. The molecule has 5 nitrogen and oxygen atoms in total. The van der Waals surface area contributed by atoms with Crippen LogP contribution in [-0.4, -0.2) is 42.5 Å². The maximum atomic E-state index is 12.7. The van der Waals surface area contributed by atoms with Crippen LogP contribution in [0.5, 0.6) is 0 Å². The van der Waals surface area contributed by atoms with Crippen LogP contribution in [0, 0.1) is 5.92 Å². The molecule has 2 saturated heterocycles. The first-order valence-corrected chi connectivity index (χ1v) is 10.9. The number of nitrogens with zero attached hydrogens (tertiary/aromatic N) is 1. The number of hydrazine groups is 1. The smallest absolute Gasteiger partial charge is 0.238 e. The number of carbonyl (C=O) groups is 1. The van der Waals surface area contributed by atoms with E-state index in [2.05, 4.69) is 33.2 Å². The number of likely N-dealkylation sites (tertiary alicyclic amines) is 1. The van der Waals surface area contributed by atoms with E-state index in [4.69, 9.17) is 0 Å². The summed E-state index contributed by atoms with van der Waals surface area (Å²) in [6, 6.07) is 10.7. The molecule has 3 aliphatic rings. The highest BCUT2D eigenvalue weighted by Gasteiger charge is 2.32. The minimum absolute atomic E-state index is 0.143. The van der Waals surface area contributed by atoms with E-state index in [1.54, 1.807) is 0 Å². The summed E-state index contributed by atoms with van der Waals surface area (Å²) in [6.07, 6.45) is 10.1. The molecule has 1 amide bonds. The zero-order valence-electron chi connectivity index (χ0n) is 16.3. The molecule has 27 heavy (non-hydrogen) atoms. The van der Waals surface area contributed by atoms with Gasteiger partial charge < -0.3 is 10.2 Å². The summed E-state index contributed by atoms with van der Waals surface area (Å²) >= 11 is 0. The fourth-order valence-corrected chi connectivity index (χ4v) is 4.93. The Labute approximate surface area is 163 Å². The topological polar surface area (TPSA) is 56.4 Å². The highest BCUT2D eigenvalue weighted by molar-refractivity contribution is 5.82. The number of piperidine rings is 1. The maximum Gasteiger partial charge on any atom is 0.238 e. The summed E-state index contributed by atoms with van der Waals surface area (Å²) in [5.74, 6) is 1.06. The molecule has 5 heteroatoms. The van der Waals surface area contributed by atoms with E-state index in [0.717, 1.165) is 38.3 Å². The quantitative estimate of drug-likeness (QED) is 0.746. The van der Waals surface area contributed by atoms with Gasteiger partial charge in [0.15, 0.2) is 0 Å². The molecule has 0 radical (unpaired) electrons. The van der Waals surface area contributed by atoms with Crippen LogP contribution in [0.25, 0.3) is 0 Å². The van der Waals surface area contributed by atoms with Crippen molar-refractivity contribution in [1.29, 1.82) is 0 Å². The monoisotopic (exact) mass is 370 g/mol. The van der Waals surface area contributed by atoms with Gasteiger partial charge in [-0.3, -0.25) is 4.79 Å². The van der Waals surface area contributed by atoms with E-state index < -0.39 is 0 Å². The van der Waals surface area contributed by atoms with Crippen LogP contribution in [0.3, 0.4) is 0 Å². The van der Waals surface area contributed by atoms with Crippen molar-refractivity contribution in [2.45, 2.75) is 69.5 Å². The average Bonchev–Trinajstić information content (AvgIpc) is 3.21. The number of hydrogen-bond donors (Lipinski definition) is 3. The third kappa shape index (κ3) is 5.09. The zero-order valence-corrected chi connectivity index (χ0v) is 16.3. The van der Waals surface area contributed by atoms with Crippen molar-refractivity contribution >= 4 is 5.91 Å². The second-order valence-electron chi connectivity index (χ2n) is 8.63. The van der Waals surface area contributed by atoms with E-state index in [9.17, 15) is 4.79 Å². The predicted octanol–water partition coefficient (Wildman–Crippen LogP) is 2.76. The lowest BCUT2D eigenvalue weighted by Gasteiger charge is -2.35. The number of hydrogen-bond acceptors (Lipinski definition) is 4. The first-order chi connectivity index (χ1) is 13.3. The Morgan fingerprint density at radius 1 is 1.00 bits per heavy atom. The molecule has 3 N–H and O–H groups in total. The summed E-state index contributed by atoms with van der Waals surface area (Å²) in [6.45, 7) is 3.53. The van der Waals surface area contributed by atoms with Gasteiger partial charge in [-0.15, -0.1) is 0 Å². The molecule has 1 saturated carbocycles. The Hall–Kier alpha value is -1.43. The standard InChI is InChI=1S/C22H34N4O/c27-22(21-15-20(24-25-21)18-9-5-2-6-10-18)23-19-11-13-26(14-12-19)16-17-7-3-1-4-8-17/h2,5-6,9-10,17,19-21,24-25H,1,3-4,7-8,11-16H2,(H,23,27). The molecule has 1 aromatic rings. The van der Waals surface area contributed by atoms with Gasteiger partial charge in [0.05, 0.1) is 0 Å². The fraction of sp³-hybridized carbons (Fsp3) is 0.682. The Morgan fingerprint density at radius 2 is 1.74 bits per heavy atom. The van der Waals surface area contributed by atoms with E-state index in [0.29, 0.717) is 6.04 Å². The number of rotatable bonds is 5. The molecule has 2 aliphatic heterocycles. The van der Waals surface area contributed by atoms with Gasteiger partial charge in [0.2, 0.25) is 5.91 Å². The van der Waals surface area contributed by atoms with Gasteiger partial charge in [0, 0.05) is 31.7 Å². The predicted molar refractivity (Wildman–Crippen MR) is 108 cm³/mol. The summed E-state index contributed by atoms with van der Waals surface area (Å²) < 4.78 is 0. The number of benzene rings is 1. The third-order valence-corrected chi connectivity index (χ3v) is 6.60. The summed E-state index contributed by atoms with van der Waals surface area (Å²) in [5, 5.41) is 3.29. The van der Waals surface area contributed by atoms with Crippen LogP contribution in [0.1, 0.15) is 63.0 Å². The molecule has 2 atom stereocenters. The molecule has 4 rings (SSSR count). The SMILES string of the molecule is O=C(NC1CCN(CC2CCCCC2)CC1)C1CC(c2ccccc2)NN1. The van der Waals surface area contributed by atoms with E-state index in [1.807, 2.05) is 18.2 Å². The zero-order chi connectivity index (χ0) is 18.5. The Bertz CT molecular complexity index is 594. The van der Waals surface area contributed by atoms with Crippen LogP contribution in [0.2, 0.25) is 0 Å². The molecule has 3 fully saturated rings. The fourth-order valence-electron chi connectivity index (χ4n) is 4.93. The number of carbonyl (C=O) groups excluding carboxylic acids is 1. The molecular weight excluding hydrogens is 336 g/mol. The van der Waals surface area contributed by atoms with E-state index in [1.165, 1.54) is 44.2 Å². The number of nitrogens with one attached hydrogen (secondary N) is 3. The largest absolute Gasteiger partial charge is 0.352 e. The lowest BCUT2D eigenvalue weighted by molar-refractivity contribution is -0.123. The van der Waals surface area contributed by atoms with Crippen LogP contribution in [0.4, 0.5) is 0 Å². The lowest BCUT2D eigenvalue weighted by atomic mass is 9.88. The maximum absolute atomic E-state index is 12.7. The Kier molecular flexibility index (Phi) is 6.43. The first-order valence-electron chi connectivity index (χ1n) is 10.9. The van der Waals surface area contributed by atoms with E-state index in [-0.39, 0.29) is 18.0 Å². The van der Waals surface area contributed by atoms with Crippen LogP contribution in [-0.2, 0) is 4.79 Å².